The standard InChI is InChI=1S/C20H20N2O4/c1-15(23)16-6-4-8-18(12-16)26-14-20(24)22-17-7-5-9-19(13-17)25-11-3-2-10-21/h4-9,12-13H,2-3,11,14H2,1H3,(H,22,24). The van der Waals surface area contributed by atoms with E-state index < -0.39 is 0 Å². The molecule has 0 saturated carbocycles. The van der Waals surface area contributed by atoms with Crippen LogP contribution in [-0.4, -0.2) is 24.9 Å². The second-order valence-electron chi connectivity index (χ2n) is 5.56. The topological polar surface area (TPSA) is 88.4 Å². The molecule has 6 nitrogen and oxygen atoms in total. The lowest BCUT2D eigenvalue weighted by Gasteiger charge is -2.10. The fourth-order valence-corrected chi connectivity index (χ4v) is 2.16. The summed E-state index contributed by atoms with van der Waals surface area (Å²) in [5.41, 5.74) is 1.12. The fraction of sp³-hybridized carbons (Fsp3) is 0.250. The number of hydrogen-bond donors (Lipinski definition) is 1. The summed E-state index contributed by atoms with van der Waals surface area (Å²) in [6.45, 7) is 1.75. The predicted molar refractivity (Wildman–Crippen MR) is 97.4 cm³/mol. The molecule has 0 aromatic heterocycles. The van der Waals surface area contributed by atoms with Gasteiger partial charge in [-0.05, 0) is 37.6 Å². The Morgan fingerprint density at radius 1 is 1.08 bits per heavy atom. The molecule has 0 unspecified atom stereocenters. The number of unbranched alkanes of at least 4 members (excludes halogenated alkanes) is 1. The van der Waals surface area contributed by atoms with Gasteiger partial charge in [0.2, 0.25) is 0 Å². The lowest BCUT2D eigenvalue weighted by molar-refractivity contribution is -0.118. The molecule has 26 heavy (non-hydrogen) atoms. The van der Waals surface area contributed by atoms with Gasteiger partial charge in [0.15, 0.2) is 12.4 Å². The van der Waals surface area contributed by atoms with Crippen molar-refractivity contribution in [1.82, 2.24) is 0 Å². The maximum absolute atomic E-state index is 12.0. The number of carbonyl (C=O) groups excluding carboxylic acids is 2. The Bertz CT molecular complexity index is 811. The normalized spacial score (nSPS) is 9.85. The minimum atomic E-state index is -0.320. The molecule has 0 radical (unpaired) electrons. The molecule has 0 saturated heterocycles. The summed E-state index contributed by atoms with van der Waals surface area (Å²) < 4.78 is 11.0. The van der Waals surface area contributed by atoms with E-state index in [-0.39, 0.29) is 18.3 Å². The van der Waals surface area contributed by atoms with E-state index in [2.05, 4.69) is 11.4 Å². The summed E-state index contributed by atoms with van der Waals surface area (Å²) in [6.07, 6.45) is 1.10. The second-order valence-corrected chi connectivity index (χ2v) is 5.56. The van der Waals surface area contributed by atoms with E-state index in [0.717, 1.165) is 0 Å². The number of ketones is 1. The van der Waals surface area contributed by atoms with Gasteiger partial charge < -0.3 is 14.8 Å². The summed E-state index contributed by atoms with van der Waals surface area (Å²) in [5.74, 6) is 0.699. The minimum Gasteiger partial charge on any atom is -0.493 e. The van der Waals surface area contributed by atoms with Gasteiger partial charge in [-0.2, -0.15) is 5.26 Å². The highest BCUT2D eigenvalue weighted by atomic mass is 16.5. The van der Waals surface area contributed by atoms with Gasteiger partial charge in [0, 0.05) is 23.7 Å². The van der Waals surface area contributed by atoms with Gasteiger partial charge in [0.1, 0.15) is 11.5 Å². The van der Waals surface area contributed by atoms with Crippen molar-refractivity contribution in [3.8, 4) is 17.6 Å². The maximum Gasteiger partial charge on any atom is 0.262 e. The van der Waals surface area contributed by atoms with Gasteiger partial charge in [-0.1, -0.05) is 18.2 Å². The van der Waals surface area contributed by atoms with Crippen LogP contribution in [-0.2, 0) is 4.79 Å². The lowest BCUT2D eigenvalue weighted by Crippen LogP contribution is -2.20. The molecule has 0 heterocycles. The third-order valence-corrected chi connectivity index (χ3v) is 3.43. The molecule has 2 aromatic rings. The van der Waals surface area contributed by atoms with Crippen molar-refractivity contribution in [2.24, 2.45) is 0 Å². The Kier molecular flexibility index (Phi) is 7.19. The molecule has 0 aliphatic rings. The lowest BCUT2D eigenvalue weighted by atomic mass is 10.1. The molecule has 6 heteroatoms. The van der Waals surface area contributed by atoms with Gasteiger partial charge in [-0.3, -0.25) is 9.59 Å². The number of anilines is 1. The van der Waals surface area contributed by atoms with Crippen LogP contribution < -0.4 is 14.8 Å². The van der Waals surface area contributed by atoms with Crippen molar-refractivity contribution >= 4 is 17.4 Å². The SMILES string of the molecule is CC(=O)c1cccc(OCC(=O)Nc2cccc(OCCCC#N)c2)c1. The number of rotatable bonds is 9. The van der Waals surface area contributed by atoms with Gasteiger partial charge in [0.05, 0.1) is 12.7 Å². The predicted octanol–water partition coefficient (Wildman–Crippen LogP) is 3.59. The van der Waals surface area contributed by atoms with Gasteiger partial charge >= 0.3 is 0 Å². The summed E-state index contributed by atoms with van der Waals surface area (Å²) in [6, 6.07) is 15.8. The number of nitrogens with one attached hydrogen (secondary N) is 1. The summed E-state index contributed by atoms with van der Waals surface area (Å²) >= 11 is 0. The smallest absolute Gasteiger partial charge is 0.262 e. The Balaban J connectivity index is 1.85. The highest BCUT2D eigenvalue weighted by molar-refractivity contribution is 5.94. The van der Waals surface area contributed by atoms with E-state index in [1.807, 2.05) is 0 Å². The van der Waals surface area contributed by atoms with Gasteiger partial charge in [0.25, 0.3) is 5.91 Å². The average molecular weight is 352 g/mol. The van der Waals surface area contributed by atoms with Gasteiger partial charge in [-0.25, -0.2) is 0 Å². The Morgan fingerprint density at radius 2 is 1.81 bits per heavy atom. The fourth-order valence-electron chi connectivity index (χ4n) is 2.16. The van der Waals surface area contributed by atoms with Crippen molar-refractivity contribution in [1.29, 1.82) is 5.26 Å². The van der Waals surface area contributed by atoms with E-state index in [9.17, 15) is 9.59 Å². The Labute approximate surface area is 152 Å². The molecular formula is C20H20N2O4. The van der Waals surface area contributed by atoms with E-state index in [4.69, 9.17) is 14.7 Å². The molecule has 0 atom stereocenters. The zero-order chi connectivity index (χ0) is 18.8. The van der Waals surface area contributed by atoms with Crippen LogP contribution in [0.2, 0.25) is 0 Å². The highest BCUT2D eigenvalue weighted by Gasteiger charge is 2.06. The van der Waals surface area contributed by atoms with Crippen LogP contribution in [0.1, 0.15) is 30.1 Å². The van der Waals surface area contributed by atoms with Crippen LogP contribution in [0.5, 0.6) is 11.5 Å². The van der Waals surface area contributed by atoms with Crippen molar-refractivity contribution in [3.63, 3.8) is 0 Å². The van der Waals surface area contributed by atoms with Crippen LogP contribution in [0.3, 0.4) is 0 Å². The summed E-state index contributed by atoms with van der Waals surface area (Å²) in [5, 5.41) is 11.2. The Hall–Kier alpha value is -3.33. The van der Waals surface area contributed by atoms with E-state index in [1.165, 1.54) is 6.92 Å². The molecule has 0 spiro atoms. The van der Waals surface area contributed by atoms with Crippen molar-refractivity contribution in [2.45, 2.75) is 19.8 Å². The number of nitrogens with zero attached hydrogens (tertiary/aromatic N) is 1. The summed E-state index contributed by atoms with van der Waals surface area (Å²) in [4.78, 5) is 23.4. The number of hydrogen-bond acceptors (Lipinski definition) is 5. The summed E-state index contributed by atoms with van der Waals surface area (Å²) in [7, 11) is 0. The number of amides is 1. The van der Waals surface area contributed by atoms with Crippen LogP contribution in [0, 0.1) is 11.3 Å². The molecular weight excluding hydrogens is 332 g/mol. The number of carbonyl (C=O) groups is 2. The molecule has 0 fully saturated rings. The first-order valence-corrected chi connectivity index (χ1v) is 8.22. The highest BCUT2D eigenvalue weighted by Crippen LogP contribution is 2.18. The molecule has 0 bridgehead atoms. The van der Waals surface area contributed by atoms with E-state index in [1.54, 1.807) is 48.5 Å². The van der Waals surface area contributed by atoms with Crippen LogP contribution in [0.25, 0.3) is 0 Å². The maximum atomic E-state index is 12.0. The number of benzene rings is 2. The zero-order valence-electron chi connectivity index (χ0n) is 14.5. The van der Waals surface area contributed by atoms with Crippen molar-refractivity contribution in [2.75, 3.05) is 18.5 Å². The number of ether oxygens (including phenoxy) is 2. The molecule has 0 aliphatic heterocycles. The van der Waals surface area contributed by atoms with Crippen LogP contribution in [0.15, 0.2) is 48.5 Å². The second kappa shape index (κ2) is 9.84. The first kappa shape index (κ1) is 19.0. The Morgan fingerprint density at radius 3 is 2.54 bits per heavy atom. The first-order chi connectivity index (χ1) is 12.6. The molecule has 2 aromatic carbocycles. The molecule has 2 rings (SSSR count). The van der Waals surface area contributed by atoms with Crippen LogP contribution >= 0.6 is 0 Å². The van der Waals surface area contributed by atoms with Crippen molar-refractivity contribution < 1.29 is 19.1 Å². The molecule has 134 valence electrons. The third kappa shape index (κ3) is 6.29. The van der Waals surface area contributed by atoms with Crippen molar-refractivity contribution in [3.05, 3.63) is 54.1 Å². The molecule has 1 amide bonds. The van der Waals surface area contributed by atoms with E-state index in [0.29, 0.717) is 42.2 Å². The molecule has 1 N–H and O–H groups in total. The minimum absolute atomic E-state index is 0.0634. The quantitative estimate of drug-likeness (QED) is 0.550. The van der Waals surface area contributed by atoms with E-state index >= 15 is 0 Å². The number of Topliss-reactive ketones (excluding diaryl/α,β-unsaturated/α-hetero) is 1. The monoisotopic (exact) mass is 352 g/mol. The zero-order valence-corrected chi connectivity index (χ0v) is 14.5. The number of nitriles is 1. The largest absolute Gasteiger partial charge is 0.493 e. The van der Waals surface area contributed by atoms with Crippen LogP contribution in [0.4, 0.5) is 5.69 Å². The average Bonchev–Trinajstić information content (AvgIpc) is 2.64. The first-order valence-electron chi connectivity index (χ1n) is 8.22. The molecule has 0 aliphatic carbocycles. The third-order valence-electron chi connectivity index (χ3n) is 3.43. The van der Waals surface area contributed by atoms with Gasteiger partial charge in [-0.15, -0.1) is 0 Å².